The van der Waals surface area contributed by atoms with Crippen LogP contribution in [0.2, 0.25) is 0 Å². The van der Waals surface area contributed by atoms with Crippen molar-refractivity contribution in [3.05, 3.63) is 93.8 Å². The van der Waals surface area contributed by atoms with Gasteiger partial charge in [0.25, 0.3) is 21.6 Å². The van der Waals surface area contributed by atoms with E-state index in [1.165, 1.54) is 54.6 Å². The Morgan fingerprint density at radius 2 is 1.73 bits per heavy atom. The molecule has 154 valence electrons. The van der Waals surface area contributed by atoms with E-state index in [0.717, 1.165) is 12.1 Å². The highest BCUT2D eigenvalue weighted by Gasteiger charge is 2.19. The minimum Gasteiger partial charge on any atom is -0.321 e. The molecule has 3 aromatic carbocycles. The molecular formula is C20H16FN3O5S. The van der Waals surface area contributed by atoms with Crippen molar-refractivity contribution in [3.63, 3.8) is 0 Å². The predicted molar refractivity (Wildman–Crippen MR) is 109 cm³/mol. The number of nitrogens with zero attached hydrogens (tertiary/aromatic N) is 1. The number of nitrogens with one attached hydrogen (secondary N) is 2. The fraction of sp³-hybridized carbons (Fsp3) is 0.0500. The smallest absolute Gasteiger partial charge is 0.271 e. The highest BCUT2D eigenvalue weighted by atomic mass is 32.2. The molecule has 3 aromatic rings. The maximum absolute atomic E-state index is 13.8. The van der Waals surface area contributed by atoms with Crippen LogP contribution in [0.3, 0.4) is 0 Å². The molecule has 0 aliphatic heterocycles. The Labute approximate surface area is 171 Å². The van der Waals surface area contributed by atoms with Crippen molar-refractivity contribution in [1.29, 1.82) is 0 Å². The number of non-ortho nitro benzene ring substituents is 1. The molecule has 8 nitrogen and oxygen atoms in total. The van der Waals surface area contributed by atoms with E-state index in [-0.39, 0.29) is 27.5 Å². The van der Waals surface area contributed by atoms with E-state index in [1.54, 1.807) is 6.92 Å². The van der Waals surface area contributed by atoms with Gasteiger partial charge in [-0.3, -0.25) is 19.6 Å². The van der Waals surface area contributed by atoms with Gasteiger partial charge in [0.1, 0.15) is 5.82 Å². The van der Waals surface area contributed by atoms with Crippen LogP contribution in [0.5, 0.6) is 0 Å². The number of hydrogen-bond acceptors (Lipinski definition) is 5. The van der Waals surface area contributed by atoms with Crippen LogP contribution in [0.1, 0.15) is 15.9 Å². The van der Waals surface area contributed by atoms with Crippen LogP contribution in [0.25, 0.3) is 0 Å². The third-order valence-electron chi connectivity index (χ3n) is 4.20. The summed E-state index contributed by atoms with van der Waals surface area (Å²) < 4.78 is 41.1. The number of anilines is 2. The van der Waals surface area contributed by atoms with Gasteiger partial charge in [-0.25, -0.2) is 12.8 Å². The van der Waals surface area contributed by atoms with Crippen molar-refractivity contribution in [2.24, 2.45) is 0 Å². The molecule has 0 unspecified atom stereocenters. The van der Waals surface area contributed by atoms with Gasteiger partial charge in [-0.2, -0.15) is 0 Å². The average molecular weight is 429 g/mol. The molecule has 3 rings (SSSR count). The summed E-state index contributed by atoms with van der Waals surface area (Å²) in [5.41, 5.74) is 0.420. The monoisotopic (exact) mass is 429 g/mol. The summed E-state index contributed by atoms with van der Waals surface area (Å²) in [5.74, 6) is -1.39. The molecule has 0 bridgehead atoms. The van der Waals surface area contributed by atoms with Gasteiger partial charge in [0, 0.05) is 17.7 Å². The van der Waals surface area contributed by atoms with E-state index in [4.69, 9.17) is 0 Å². The molecule has 0 radical (unpaired) electrons. The average Bonchev–Trinajstić information content (AvgIpc) is 2.71. The van der Waals surface area contributed by atoms with Gasteiger partial charge in [-0.15, -0.1) is 0 Å². The molecule has 0 heterocycles. The van der Waals surface area contributed by atoms with Crippen molar-refractivity contribution in [3.8, 4) is 0 Å². The first kappa shape index (κ1) is 20.9. The van der Waals surface area contributed by atoms with E-state index in [2.05, 4.69) is 10.0 Å². The van der Waals surface area contributed by atoms with E-state index >= 15 is 0 Å². The highest BCUT2D eigenvalue weighted by Crippen LogP contribution is 2.23. The number of nitro groups is 1. The second-order valence-corrected chi connectivity index (χ2v) is 8.01. The Morgan fingerprint density at radius 3 is 2.43 bits per heavy atom. The number of hydrogen-bond donors (Lipinski definition) is 2. The lowest BCUT2D eigenvalue weighted by Gasteiger charge is -2.11. The molecule has 0 aromatic heterocycles. The fourth-order valence-electron chi connectivity index (χ4n) is 2.60. The summed E-state index contributed by atoms with van der Waals surface area (Å²) >= 11 is 0. The number of amides is 1. The first-order valence-electron chi connectivity index (χ1n) is 8.61. The number of carbonyl (C=O) groups excluding carboxylic acids is 1. The van der Waals surface area contributed by atoms with Crippen LogP contribution in [0.4, 0.5) is 21.5 Å². The molecule has 30 heavy (non-hydrogen) atoms. The number of aryl methyl sites for hydroxylation is 1. The van der Waals surface area contributed by atoms with E-state index in [1.807, 2.05) is 0 Å². The molecule has 10 heteroatoms. The molecule has 1 amide bonds. The fourth-order valence-corrected chi connectivity index (χ4v) is 3.72. The molecule has 0 aliphatic carbocycles. The number of halogens is 1. The highest BCUT2D eigenvalue weighted by molar-refractivity contribution is 7.92. The molecule has 0 fully saturated rings. The largest absolute Gasteiger partial charge is 0.321 e. The molecule has 0 aliphatic rings. The molecule has 0 spiro atoms. The van der Waals surface area contributed by atoms with Gasteiger partial charge in [0.05, 0.1) is 21.2 Å². The number of sulfonamides is 1. The minimum atomic E-state index is -4.15. The van der Waals surface area contributed by atoms with Gasteiger partial charge in [-0.05, 0) is 42.8 Å². The van der Waals surface area contributed by atoms with Crippen LogP contribution in [0, 0.1) is 22.9 Å². The lowest BCUT2D eigenvalue weighted by Crippen LogP contribution is -2.16. The topological polar surface area (TPSA) is 118 Å². The van der Waals surface area contributed by atoms with Crippen molar-refractivity contribution in [2.75, 3.05) is 10.0 Å². The summed E-state index contributed by atoms with van der Waals surface area (Å²) in [6.07, 6.45) is 0. The molecule has 0 atom stereocenters. The maximum atomic E-state index is 13.8. The summed E-state index contributed by atoms with van der Waals surface area (Å²) in [4.78, 5) is 22.7. The second-order valence-electron chi connectivity index (χ2n) is 6.32. The zero-order valence-corrected chi connectivity index (χ0v) is 16.4. The number of nitro benzene ring substituents is 1. The molecule has 0 saturated carbocycles. The van der Waals surface area contributed by atoms with Gasteiger partial charge in [0.15, 0.2) is 0 Å². The second kappa shape index (κ2) is 8.29. The van der Waals surface area contributed by atoms with Crippen molar-refractivity contribution >= 4 is 33.0 Å². The number of para-hydroxylation sites is 1. The lowest BCUT2D eigenvalue weighted by molar-refractivity contribution is -0.384. The summed E-state index contributed by atoms with van der Waals surface area (Å²) in [7, 11) is -4.15. The van der Waals surface area contributed by atoms with Crippen molar-refractivity contribution < 1.29 is 22.5 Å². The van der Waals surface area contributed by atoms with Crippen LogP contribution >= 0.6 is 0 Å². The first-order chi connectivity index (χ1) is 14.2. The molecule has 0 saturated heterocycles. The van der Waals surface area contributed by atoms with Crippen LogP contribution in [0.15, 0.2) is 71.6 Å². The summed E-state index contributed by atoms with van der Waals surface area (Å²) in [5, 5.41) is 13.5. The van der Waals surface area contributed by atoms with E-state index in [0.29, 0.717) is 5.56 Å². The van der Waals surface area contributed by atoms with Gasteiger partial charge >= 0.3 is 0 Å². The van der Waals surface area contributed by atoms with Gasteiger partial charge in [-0.1, -0.05) is 24.3 Å². The lowest BCUT2D eigenvalue weighted by atomic mass is 10.1. The SMILES string of the molecule is Cc1ccc([N+](=O)[O-])cc1NC(=O)c1cccc(S(=O)(=O)Nc2ccccc2F)c1. The maximum Gasteiger partial charge on any atom is 0.271 e. The quantitative estimate of drug-likeness (QED) is 0.452. The Balaban J connectivity index is 1.86. The van der Waals surface area contributed by atoms with Gasteiger partial charge in [0.2, 0.25) is 0 Å². The first-order valence-corrected chi connectivity index (χ1v) is 10.1. The van der Waals surface area contributed by atoms with Crippen LogP contribution < -0.4 is 10.0 Å². The van der Waals surface area contributed by atoms with Crippen LogP contribution in [-0.2, 0) is 10.0 Å². The Kier molecular flexibility index (Phi) is 5.79. The van der Waals surface area contributed by atoms with E-state index in [9.17, 15) is 27.7 Å². The number of benzene rings is 3. The number of carbonyl (C=O) groups is 1. The van der Waals surface area contributed by atoms with E-state index < -0.39 is 26.7 Å². The Morgan fingerprint density at radius 1 is 1.00 bits per heavy atom. The normalized spacial score (nSPS) is 11.0. The standard InChI is InChI=1S/C20H16FN3O5S/c1-13-9-10-15(24(26)27)12-19(13)22-20(25)14-5-4-6-16(11-14)30(28,29)23-18-8-3-2-7-17(18)21/h2-12,23H,1H3,(H,22,25). The Hall–Kier alpha value is -3.79. The third kappa shape index (κ3) is 4.61. The van der Waals surface area contributed by atoms with Crippen molar-refractivity contribution in [2.45, 2.75) is 11.8 Å². The summed E-state index contributed by atoms with van der Waals surface area (Å²) in [6, 6.07) is 14.5. The third-order valence-corrected chi connectivity index (χ3v) is 5.57. The van der Waals surface area contributed by atoms with Gasteiger partial charge < -0.3 is 5.32 Å². The predicted octanol–water partition coefficient (Wildman–Crippen LogP) is 4.10. The van der Waals surface area contributed by atoms with Crippen molar-refractivity contribution in [1.82, 2.24) is 0 Å². The molecular weight excluding hydrogens is 413 g/mol. The minimum absolute atomic E-state index is 0.0114. The zero-order chi connectivity index (χ0) is 21.9. The Bertz CT molecular complexity index is 1240. The number of rotatable bonds is 6. The summed E-state index contributed by atoms with van der Waals surface area (Å²) in [6.45, 7) is 1.67. The zero-order valence-electron chi connectivity index (χ0n) is 15.6. The molecule has 2 N–H and O–H groups in total. The van der Waals surface area contributed by atoms with Crippen LogP contribution in [-0.4, -0.2) is 19.2 Å².